The molecule has 0 amide bonds. The molecule has 0 saturated heterocycles. The monoisotopic (exact) mass is 220 g/mol. The number of rotatable bonds is 2. The van der Waals surface area contributed by atoms with Gasteiger partial charge in [0.2, 0.25) is 0 Å². The lowest BCUT2D eigenvalue weighted by molar-refractivity contribution is 0.762. The lowest BCUT2D eigenvalue weighted by atomic mass is 10.3. The fraction of sp³-hybridized carbons (Fsp3) is 0.0909. The zero-order valence-corrected chi connectivity index (χ0v) is 8.96. The van der Waals surface area contributed by atoms with Crippen molar-refractivity contribution in [3.05, 3.63) is 41.5 Å². The van der Waals surface area contributed by atoms with Crippen LogP contribution < -0.4 is 0 Å². The molecule has 2 aromatic rings. The highest BCUT2D eigenvalue weighted by Gasteiger charge is 2.07. The van der Waals surface area contributed by atoms with Gasteiger partial charge < -0.3 is 0 Å². The van der Waals surface area contributed by atoms with Gasteiger partial charge in [-0.25, -0.2) is 14.4 Å². The second-order valence-electron chi connectivity index (χ2n) is 2.87. The summed E-state index contributed by atoms with van der Waals surface area (Å²) in [6.07, 6.45) is 4.79. The van der Waals surface area contributed by atoms with Gasteiger partial charge in [-0.05, 0) is 25.1 Å². The summed E-state index contributed by atoms with van der Waals surface area (Å²) >= 11 is 1.35. The molecule has 0 unspecified atom stereocenters. The third kappa shape index (κ3) is 2.10. The molecule has 0 saturated carbocycles. The molecule has 2 heterocycles. The Morgan fingerprint density at radius 3 is 2.73 bits per heavy atom. The Morgan fingerprint density at radius 1 is 1.33 bits per heavy atom. The Bertz CT molecular complexity index is 476. The Balaban J connectivity index is 2.36. The predicted molar refractivity (Wildman–Crippen MR) is 60.1 cm³/mol. The Morgan fingerprint density at radius 2 is 2.07 bits per heavy atom. The maximum Gasteiger partial charge on any atom is 0.169 e. The highest BCUT2D eigenvalue weighted by atomic mass is 32.1. The van der Waals surface area contributed by atoms with Crippen molar-refractivity contribution in [2.75, 3.05) is 0 Å². The standard InChI is InChI=1S/C11H9FN2S/c1-2-8(12)9-4-5-10(15-9)11-13-6-3-7-14-11/h2-7H,1H3/b8-2-. The van der Waals surface area contributed by atoms with Gasteiger partial charge in [0.1, 0.15) is 5.83 Å². The number of hydrogen-bond donors (Lipinski definition) is 0. The summed E-state index contributed by atoms with van der Waals surface area (Å²) in [4.78, 5) is 9.70. The van der Waals surface area contributed by atoms with Gasteiger partial charge in [-0.3, -0.25) is 0 Å². The molecule has 0 fully saturated rings. The fourth-order valence-corrected chi connectivity index (χ4v) is 2.08. The van der Waals surface area contributed by atoms with Crippen molar-refractivity contribution < 1.29 is 4.39 Å². The topological polar surface area (TPSA) is 25.8 Å². The van der Waals surface area contributed by atoms with Gasteiger partial charge in [-0.15, -0.1) is 11.3 Å². The summed E-state index contributed by atoms with van der Waals surface area (Å²) in [7, 11) is 0. The second-order valence-corrected chi connectivity index (χ2v) is 3.96. The van der Waals surface area contributed by atoms with E-state index in [0.29, 0.717) is 10.7 Å². The first-order valence-corrected chi connectivity index (χ1v) is 5.32. The number of aromatic nitrogens is 2. The largest absolute Gasteiger partial charge is 0.236 e. The molecule has 0 radical (unpaired) electrons. The molecule has 0 N–H and O–H groups in total. The summed E-state index contributed by atoms with van der Waals surface area (Å²) in [6.45, 7) is 1.67. The summed E-state index contributed by atoms with van der Waals surface area (Å²) in [5.41, 5.74) is 0. The average Bonchev–Trinajstić information content (AvgIpc) is 2.78. The Hall–Kier alpha value is -1.55. The maximum absolute atomic E-state index is 13.2. The molecule has 0 atom stereocenters. The van der Waals surface area contributed by atoms with Crippen LogP contribution in [-0.4, -0.2) is 9.97 Å². The SMILES string of the molecule is C/C=C(\F)c1ccc(-c2ncccn2)s1. The van der Waals surface area contributed by atoms with Crippen LogP contribution in [-0.2, 0) is 0 Å². The van der Waals surface area contributed by atoms with E-state index in [0.717, 1.165) is 4.88 Å². The lowest BCUT2D eigenvalue weighted by Crippen LogP contribution is -1.81. The third-order valence-electron chi connectivity index (χ3n) is 1.88. The van der Waals surface area contributed by atoms with Crippen molar-refractivity contribution in [1.29, 1.82) is 0 Å². The molecule has 2 nitrogen and oxygen atoms in total. The number of thiophene rings is 1. The summed E-state index contributed by atoms with van der Waals surface area (Å²) in [5, 5.41) is 0. The first-order chi connectivity index (χ1) is 7.31. The Labute approximate surface area is 91.1 Å². The van der Waals surface area contributed by atoms with Crippen LogP contribution in [0.15, 0.2) is 36.7 Å². The van der Waals surface area contributed by atoms with Crippen molar-refractivity contribution in [2.24, 2.45) is 0 Å². The van der Waals surface area contributed by atoms with Crippen LogP contribution >= 0.6 is 11.3 Å². The molecular weight excluding hydrogens is 211 g/mol. The minimum atomic E-state index is -0.206. The minimum Gasteiger partial charge on any atom is -0.236 e. The van der Waals surface area contributed by atoms with E-state index < -0.39 is 0 Å². The number of halogens is 1. The van der Waals surface area contributed by atoms with Gasteiger partial charge in [0.15, 0.2) is 5.82 Å². The van der Waals surface area contributed by atoms with Crippen LogP contribution in [0.5, 0.6) is 0 Å². The first kappa shape index (κ1) is 9.98. The van der Waals surface area contributed by atoms with Crippen molar-refractivity contribution in [3.8, 4) is 10.7 Å². The quantitative estimate of drug-likeness (QED) is 0.773. The smallest absolute Gasteiger partial charge is 0.169 e. The van der Waals surface area contributed by atoms with E-state index in [1.54, 1.807) is 31.5 Å². The molecule has 2 rings (SSSR count). The highest BCUT2D eigenvalue weighted by molar-refractivity contribution is 7.16. The van der Waals surface area contributed by atoms with Crippen molar-refractivity contribution >= 4 is 17.2 Å². The van der Waals surface area contributed by atoms with E-state index >= 15 is 0 Å². The van der Waals surface area contributed by atoms with E-state index in [1.807, 2.05) is 6.07 Å². The molecule has 2 aromatic heterocycles. The number of nitrogens with zero attached hydrogens (tertiary/aromatic N) is 2. The molecule has 0 aliphatic rings. The maximum atomic E-state index is 13.2. The minimum absolute atomic E-state index is 0.206. The molecule has 4 heteroatoms. The fourth-order valence-electron chi connectivity index (χ4n) is 1.16. The molecule has 0 aromatic carbocycles. The number of hydrogen-bond acceptors (Lipinski definition) is 3. The third-order valence-corrected chi connectivity index (χ3v) is 2.97. The highest BCUT2D eigenvalue weighted by Crippen LogP contribution is 2.30. The van der Waals surface area contributed by atoms with Gasteiger partial charge in [0.05, 0.1) is 9.75 Å². The van der Waals surface area contributed by atoms with Gasteiger partial charge in [-0.1, -0.05) is 6.08 Å². The molecule has 15 heavy (non-hydrogen) atoms. The summed E-state index contributed by atoms with van der Waals surface area (Å²) < 4.78 is 13.2. The molecule has 76 valence electrons. The predicted octanol–water partition coefficient (Wildman–Crippen LogP) is 3.54. The molecular formula is C11H9FN2S. The van der Waals surface area contributed by atoms with Crippen LogP contribution in [0.25, 0.3) is 16.5 Å². The van der Waals surface area contributed by atoms with E-state index in [9.17, 15) is 4.39 Å². The van der Waals surface area contributed by atoms with Crippen molar-refractivity contribution in [2.45, 2.75) is 6.92 Å². The molecule has 0 aliphatic carbocycles. The van der Waals surface area contributed by atoms with Crippen molar-refractivity contribution in [3.63, 3.8) is 0 Å². The first-order valence-electron chi connectivity index (χ1n) is 4.50. The zero-order chi connectivity index (χ0) is 10.7. The van der Waals surface area contributed by atoms with Crippen LogP contribution in [0.1, 0.15) is 11.8 Å². The van der Waals surface area contributed by atoms with Gasteiger partial charge in [0.25, 0.3) is 0 Å². The van der Waals surface area contributed by atoms with Crippen LogP contribution in [0.4, 0.5) is 4.39 Å². The number of allylic oxidation sites excluding steroid dienone is 1. The van der Waals surface area contributed by atoms with Crippen LogP contribution in [0, 0.1) is 0 Å². The van der Waals surface area contributed by atoms with E-state index in [-0.39, 0.29) is 5.83 Å². The molecule has 0 bridgehead atoms. The van der Waals surface area contributed by atoms with E-state index in [2.05, 4.69) is 9.97 Å². The van der Waals surface area contributed by atoms with Crippen LogP contribution in [0.3, 0.4) is 0 Å². The van der Waals surface area contributed by atoms with Gasteiger partial charge >= 0.3 is 0 Å². The lowest BCUT2D eigenvalue weighted by Gasteiger charge is -1.92. The Kier molecular flexibility index (Phi) is 2.87. The summed E-state index contributed by atoms with van der Waals surface area (Å²) in [5.74, 6) is 0.430. The second kappa shape index (κ2) is 4.31. The molecule has 0 aliphatic heterocycles. The van der Waals surface area contributed by atoms with Crippen molar-refractivity contribution in [1.82, 2.24) is 9.97 Å². The normalized spacial score (nSPS) is 11.7. The molecule has 0 spiro atoms. The van der Waals surface area contributed by atoms with E-state index in [4.69, 9.17) is 0 Å². The zero-order valence-electron chi connectivity index (χ0n) is 8.14. The average molecular weight is 220 g/mol. The van der Waals surface area contributed by atoms with Gasteiger partial charge in [0, 0.05) is 12.4 Å². The van der Waals surface area contributed by atoms with Gasteiger partial charge in [-0.2, -0.15) is 0 Å². The summed E-state index contributed by atoms with van der Waals surface area (Å²) in [6, 6.07) is 5.33. The van der Waals surface area contributed by atoms with E-state index in [1.165, 1.54) is 17.4 Å². The van der Waals surface area contributed by atoms with Crippen LogP contribution in [0.2, 0.25) is 0 Å².